The Balaban J connectivity index is 1.28. The molecular weight excluding hydrogens is 634 g/mol. The van der Waals surface area contributed by atoms with Crippen molar-refractivity contribution in [3.05, 3.63) is 72.3 Å². The summed E-state index contributed by atoms with van der Waals surface area (Å²) >= 11 is 1.30. The van der Waals surface area contributed by atoms with E-state index in [1.807, 2.05) is 48.9 Å². The summed E-state index contributed by atoms with van der Waals surface area (Å²) in [7, 11) is 0. The van der Waals surface area contributed by atoms with Gasteiger partial charge in [0.1, 0.15) is 0 Å². The first-order chi connectivity index (χ1) is 21.7. The molecule has 2 aromatic heterocycles. The first kappa shape index (κ1) is 30.9. The summed E-state index contributed by atoms with van der Waals surface area (Å²) in [5, 5.41) is 19.0. The van der Waals surface area contributed by atoms with Gasteiger partial charge in [0.2, 0.25) is 0 Å². The number of amides is 1. The molecule has 232 valence electrons. The third-order valence-corrected chi connectivity index (χ3v) is 9.42. The van der Waals surface area contributed by atoms with Crippen molar-refractivity contribution in [2.24, 2.45) is 0 Å². The molecule has 4 heterocycles. The van der Waals surface area contributed by atoms with E-state index in [0.717, 1.165) is 43.5 Å². The van der Waals surface area contributed by atoms with Crippen LogP contribution in [-0.2, 0) is 4.79 Å². The van der Waals surface area contributed by atoms with Crippen LogP contribution in [0.4, 0.5) is 4.39 Å². The predicted molar refractivity (Wildman–Crippen MR) is 172 cm³/mol. The summed E-state index contributed by atoms with van der Waals surface area (Å²) in [5.41, 5.74) is 1.08. The van der Waals surface area contributed by atoms with Gasteiger partial charge in [0.05, 0.1) is 0 Å². The molecule has 12 heteroatoms. The Labute approximate surface area is 270 Å². The minimum atomic E-state index is -0.470. The number of hydrogen-bond acceptors (Lipinski definition) is 8. The number of halogens is 1. The summed E-state index contributed by atoms with van der Waals surface area (Å²) < 4.78 is 24.0. The van der Waals surface area contributed by atoms with Gasteiger partial charge in [0, 0.05) is 26.2 Å². The van der Waals surface area contributed by atoms with E-state index >= 15 is 4.39 Å². The summed E-state index contributed by atoms with van der Waals surface area (Å²) in [6.07, 6.45) is 4.80. The molecule has 2 aliphatic heterocycles. The third-order valence-electron chi connectivity index (χ3n) is 8.50. The van der Waals surface area contributed by atoms with Crippen LogP contribution in [0.15, 0.2) is 66.5 Å². The van der Waals surface area contributed by atoms with Gasteiger partial charge in [-0.1, -0.05) is 0 Å². The van der Waals surface area contributed by atoms with E-state index in [1.165, 1.54) is 29.2 Å². The molecule has 2 atom stereocenters. The van der Waals surface area contributed by atoms with Crippen LogP contribution < -0.4 is 14.5 Å². The van der Waals surface area contributed by atoms with E-state index in [9.17, 15) is 10.1 Å². The van der Waals surface area contributed by atoms with Crippen LogP contribution in [0.5, 0.6) is 11.5 Å². The molecule has 2 aliphatic rings. The number of aromatic nitrogens is 4. The molecule has 4 aromatic rings. The zero-order valence-corrected chi connectivity index (χ0v) is 27.8. The molecule has 6 rings (SSSR count). The van der Waals surface area contributed by atoms with Gasteiger partial charge in [-0.05, 0) is 0 Å². The molecule has 1 amide bonds. The van der Waals surface area contributed by atoms with Crippen molar-refractivity contribution >= 4 is 38.3 Å². The number of ether oxygens (including phenoxy) is 1. The van der Waals surface area contributed by atoms with Gasteiger partial charge >= 0.3 is 240 Å². The Bertz CT molecular complexity index is 1780. The Morgan fingerprint density at radius 3 is 2.64 bits per heavy atom. The first-order valence-electron chi connectivity index (χ1n) is 15.1. The number of para-hydroxylation sites is 1. The quantitative estimate of drug-likeness (QED) is 0.182. The van der Waals surface area contributed by atoms with Crippen LogP contribution in [0.1, 0.15) is 32.7 Å². The number of carbonyl (C=O) groups excluding carboxylic acids is 1. The number of hydrogen-bond donors (Lipinski definition) is 1. The molecule has 10 nitrogen and oxygen atoms in total. The van der Waals surface area contributed by atoms with Crippen molar-refractivity contribution in [1.29, 1.82) is 5.26 Å². The Morgan fingerprint density at radius 2 is 1.91 bits per heavy atom. The maximum absolute atomic E-state index is 15.7. The van der Waals surface area contributed by atoms with Crippen LogP contribution >= 0.6 is 0 Å². The number of piperazine rings is 1. The van der Waals surface area contributed by atoms with Crippen LogP contribution in [0.3, 0.4) is 0 Å². The third kappa shape index (κ3) is 6.50. The number of carbonyl (C=O) groups is 1. The Hall–Kier alpha value is -4.10. The van der Waals surface area contributed by atoms with Crippen molar-refractivity contribution in [1.82, 2.24) is 34.9 Å². The number of fused-ring (bicyclic) bond motifs is 1. The molecule has 0 radical (unpaired) electrons. The second-order valence-corrected chi connectivity index (χ2v) is 13.1. The van der Waals surface area contributed by atoms with Gasteiger partial charge < -0.3 is 5.32 Å². The van der Waals surface area contributed by atoms with Crippen LogP contribution in [0.2, 0.25) is 0 Å². The molecule has 2 aromatic carbocycles. The predicted octanol–water partition coefficient (Wildman–Crippen LogP) is 2.98. The van der Waals surface area contributed by atoms with Gasteiger partial charge in [-0.3, -0.25) is 0 Å². The summed E-state index contributed by atoms with van der Waals surface area (Å²) in [6, 6.07) is 15.9. The van der Waals surface area contributed by atoms with E-state index in [1.54, 1.807) is 23.1 Å². The van der Waals surface area contributed by atoms with Crippen LogP contribution in [0, 0.1) is 17.1 Å². The molecule has 45 heavy (non-hydrogen) atoms. The van der Waals surface area contributed by atoms with Gasteiger partial charge in [-0.2, -0.15) is 0 Å². The summed E-state index contributed by atoms with van der Waals surface area (Å²) in [6.45, 7) is 8.45. The monoisotopic (exact) mass is 670 g/mol. The molecule has 2 fully saturated rings. The van der Waals surface area contributed by atoms with Gasteiger partial charge in [-0.25, -0.2) is 0 Å². The zero-order valence-electron chi connectivity index (χ0n) is 25.4. The SMILES string of the molecule is CC(C)(C=C(C#N)C(=O)N1CCCC(n2nc(-c3ccc(Oc4ccccc4)cc3F)c3c([AsH2])ncnc32)C1)N1CCNCC1. The summed E-state index contributed by atoms with van der Waals surface area (Å²) in [5.74, 6) is 0.245. The molecule has 0 spiro atoms. The summed E-state index contributed by atoms with van der Waals surface area (Å²) in [4.78, 5) is 26.7. The van der Waals surface area contributed by atoms with Gasteiger partial charge in [-0.15, -0.1) is 0 Å². The number of benzene rings is 2. The Morgan fingerprint density at radius 1 is 1.13 bits per heavy atom. The van der Waals surface area contributed by atoms with Crippen LogP contribution in [-0.4, -0.2) is 97.1 Å². The van der Waals surface area contributed by atoms with Gasteiger partial charge in [0.15, 0.2) is 0 Å². The Kier molecular flexibility index (Phi) is 8.99. The average molecular weight is 671 g/mol. The van der Waals surface area contributed by atoms with Crippen molar-refractivity contribution in [2.75, 3.05) is 39.3 Å². The minimum Gasteiger partial charge on any atom is -0.314 e. The van der Waals surface area contributed by atoms with Crippen molar-refractivity contribution in [3.8, 4) is 28.8 Å². The fourth-order valence-electron chi connectivity index (χ4n) is 6.15. The standard InChI is InChI=1S/C33H36AsFN8O2/c1-33(2,42-15-12-37-13-16-42)18-22(19-36)32(44)41-14-6-7-23(20-41)43-31-28(30(34)38-21-39-31)29(40-43)26-11-10-25(17-27(26)35)45-24-8-4-3-5-9-24/h3-5,8-11,17-18,21,23,37H,6-7,12-16,20,34H2,1-2H3. The second kappa shape index (κ2) is 13.1. The number of likely N-dealkylation sites (tertiary alicyclic amines) is 1. The van der Waals surface area contributed by atoms with Crippen molar-refractivity contribution < 1.29 is 13.9 Å². The number of piperidine rings is 1. The van der Waals surface area contributed by atoms with E-state index in [-0.39, 0.29) is 17.5 Å². The van der Waals surface area contributed by atoms with E-state index < -0.39 is 11.4 Å². The average Bonchev–Trinajstić information content (AvgIpc) is 3.45. The van der Waals surface area contributed by atoms with E-state index in [2.05, 4.69) is 26.3 Å². The molecule has 2 saturated heterocycles. The van der Waals surface area contributed by atoms with Crippen LogP contribution in [0.25, 0.3) is 22.3 Å². The fourth-order valence-corrected chi connectivity index (χ4v) is 6.85. The topological polar surface area (TPSA) is 112 Å². The number of nitrogens with zero attached hydrogens (tertiary/aromatic N) is 7. The molecule has 0 saturated carbocycles. The molecule has 2 unspecified atom stereocenters. The zero-order chi connectivity index (χ0) is 31.6. The van der Waals surface area contributed by atoms with E-state index in [0.29, 0.717) is 46.9 Å². The molecule has 0 aliphatic carbocycles. The molecule has 0 bridgehead atoms. The molecule has 1 N–H and O–H groups in total. The van der Waals surface area contributed by atoms with Crippen molar-refractivity contribution in [2.45, 2.75) is 38.3 Å². The minimum absolute atomic E-state index is 0.144. The normalized spacial score (nSPS) is 18.2. The second-order valence-electron chi connectivity index (χ2n) is 11.9. The van der Waals surface area contributed by atoms with E-state index in [4.69, 9.17) is 9.84 Å². The molecular formula is C33H36AsFN8O2. The maximum atomic E-state index is 15.7. The number of rotatable bonds is 7. The fraction of sp³-hybridized carbons (Fsp3) is 0.364. The number of nitrogens with one attached hydrogen (secondary N) is 1. The smallest absolute Gasteiger partial charge is 0.314 e. The van der Waals surface area contributed by atoms with Gasteiger partial charge in [0.25, 0.3) is 0 Å². The number of nitriles is 1. The van der Waals surface area contributed by atoms with Crippen molar-refractivity contribution in [3.63, 3.8) is 0 Å². The first-order valence-corrected chi connectivity index (χ1v) is 16.4.